The van der Waals surface area contributed by atoms with E-state index in [1.165, 1.54) is 4.90 Å². The molecular weight excluding hydrogens is 356 g/mol. The van der Waals surface area contributed by atoms with Crippen LogP contribution in [0.15, 0.2) is 35.7 Å². The Morgan fingerprint density at radius 3 is 2.21 bits per heavy atom. The van der Waals surface area contributed by atoms with Crippen LogP contribution in [-0.2, 0) is 9.53 Å². The zero-order chi connectivity index (χ0) is 20.6. The molecule has 7 nitrogen and oxygen atoms in total. The van der Waals surface area contributed by atoms with Crippen LogP contribution in [0.4, 0.5) is 16.2 Å². The molecule has 28 heavy (non-hydrogen) atoms. The summed E-state index contributed by atoms with van der Waals surface area (Å²) in [7, 11) is 3.67. The molecule has 1 amide bonds. The van der Waals surface area contributed by atoms with Gasteiger partial charge in [-0.25, -0.2) is 4.79 Å². The number of benzene rings is 1. The van der Waals surface area contributed by atoms with Gasteiger partial charge in [0.15, 0.2) is 5.78 Å². The summed E-state index contributed by atoms with van der Waals surface area (Å²) in [6.45, 7) is 5.83. The minimum Gasteiger partial charge on any atom is -0.444 e. The predicted molar refractivity (Wildman–Crippen MR) is 107 cm³/mol. The summed E-state index contributed by atoms with van der Waals surface area (Å²) in [5.41, 5.74) is 1.27. The number of likely N-dealkylation sites (tertiary alicyclic amines) is 1. The highest BCUT2D eigenvalue weighted by atomic mass is 16.6. The van der Waals surface area contributed by atoms with E-state index in [1.54, 1.807) is 20.8 Å². The third-order valence-corrected chi connectivity index (χ3v) is 5.01. The molecule has 1 saturated heterocycles. The number of anilines is 2. The Morgan fingerprint density at radius 2 is 1.71 bits per heavy atom. The average molecular weight is 382 g/mol. The van der Waals surface area contributed by atoms with Crippen LogP contribution in [0.3, 0.4) is 0 Å². The van der Waals surface area contributed by atoms with Crippen LogP contribution in [0.1, 0.15) is 33.6 Å². The van der Waals surface area contributed by atoms with Crippen LogP contribution in [-0.4, -0.2) is 49.1 Å². The fourth-order valence-electron chi connectivity index (χ4n) is 3.78. The number of para-hydroxylation sites is 2. The van der Waals surface area contributed by atoms with E-state index in [2.05, 4.69) is 6.07 Å². The first-order valence-electron chi connectivity index (χ1n) is 9.40. The smallest absolute Gasteiger partial charge is 0.410 e. The first kappa shape index (κ1) is 19.7. The van der Waals surface area contributed by atoms with E-state index in [1.807, 2.05) is 48.2 Å². The molecule has 1 fully saturated rings. The molecule has 7 heteroatoms. The van der Waals surface area contributed by atoms with Gasteiger partial charge in [-0.1, -0.05) is 12.1 Å². The van der Waals surface area contributed by atoms with Crippen molar-refractivity contribution in [3.05, 3.63) is 35.7 Å². The second-order valence-corrected chi connectivity index (χ2v) is 8.11. The van der Waals surface area contributed by atoms with Gasteiger partial charge in [-0.15, -0.1) is 0 Å². The first-order valence-corrected chi connectivity index (χ1v) is 9.40. The molecular formula is C21H26N4O3. The molecule has 3 rings (SSSR count). The number of carbonyl (C=O) groups is 2. The number of rotatable bonds is 2. The molecule has 0 saturated carbocycles. The van der Waals surface area contributed by atoms with Crippen molar-refractivity contribution in [2.75, 3.05) is 30.4 Å². The van der Waals surface area contributed by atoms with E-state index in [0.29, 0.717) is 25.2 Å². The number of ether oxygens (including phenoxy) is 1. The lowest BCUT2D eigenvalue weighted by atomic mass is 10.0. The average Bonchev–Trinajstić information content (AvgIpc) is 3.21. The van der Waals surface area contributed by atoms with Crippen molar-refractivity contribution in [2.24, 2.45) is 0 Å². The Hall–Kier alpha value is -3.01. The third kappa shape index (κ3) is 3.42. The van der Waals surface area contributed by atoms with Gasteiger partial charge in [-0.3, -0.25) is 9.69 Å². The largest absolute Gasteiger partial charge is 0.444 e. The number of nitrogens with zero attached hydrogens (tertiary/aromatic N) is 4. The van der Waals surface area contributed by atoms with Crippen LogP contribution < -0.4 is 9.80 Å². The maximum atomic E-state index is 13.3. The Morgan fingerprint density at radius 1 is 1.14 bits per heavy atom. The van der Waals surface area contributed by atoms with Crippen LogP contribution in [0, 0.1) is 11.3 Å². The number of nitriles is 1. The summed E-state index contributed by atoms with van der Waals surface area (Å²) in [6.07, 6.45) is 0.717. The Labute approximate surface area is 165 Å². The van der Waals surface area contributed by atoms with Gasteiger partial charge in [0, 0.05) is 20.6 Å². The molecule has 0 radical (unpaired) electrons. The molecule has 1 aromatic carbocycles. The molecule has 0 spiro atoms. The maximum Gasteiger partial charge on any atom is 0.410 e. The lowest BCUT2D eigenvalue weighted by Gasteiger charge is -2.28. The van der Waals surface area contributed by atoms with Crippen LogP contribution in [0.2, 0.25) is 0 Å². The molecule has 2 aliphatic heterocycles. The second kappa shape index (κ2) is 7.19. The quantitative estimate of drug-likeness (QED) is 0.577. The van der Waals surface area contributed by atoms with Crippen molar-refractivity contribution in [1.82, 2.24) is 4.90 Å². The molecule has 148 valence electrons. The van der Waals surface area contributed by atoms with E-state index in [0.717, 1.165) is 11.4 Å². The fourth-order valence-corrected chi connectivity index (χ4v) is 3.78. The molecule has 2 aliphatic rings. The van der Waals surface area contributed by atoms with Crippen molar-refractivity contribution in [2.45, 2.75) is 45.3 Å². The van der Waals surface area contributed by atoms with Gasteiger partial charge in [0.1, 0.15) is 23.1 Å². The lowest BCUT2D eigenvalue weighted by Crippen LogP contribution is -2.44. The second-order valence-electron chi connectivity index (χ2n) is 8.11. The monoisotopic (exact) mass is 382 g/mol. The molecule has 0 aliphatic carbocycles. The number of hydrogen-bond acceptors (Lipinski definition) is 6. The van der Waals surface area contributed by atoms with Gasteiger partial charge in [-0.2, -0.15) is 5.26 Å². The van der Waals surface area contributed by atoms with Gasteiger partial charge in [0.05, 0.1) is 17.4 Å². The predicted octanol–water partition coefficient (Wildman–Crippen LogP) is 3.28. The molecule has 2 heterocycles. The molecule has 1 atom stereocenters. The first-order chi connectivity index (χ1) is 13.2. The molecule has 0 bridgehead atoms. The van der Waals surface area contributed by atoms with E-state index >= 15 is 0 Å². The van der Waals surface area contributed by atoms with Crippen LogP contribution in [0.25, 0.3) is 0 Å². The molecule has 0 N–H and O–H groups in total. The topological polar surface area (TPSA) is 76.9 Å². The summed E-state index contributed by atoms with van der Waals surface area (Å²) in [6, 6.07) is 9.14. The summed E-state index contributed by atoms with van der Waals surface area (Å²) >= 11 is 0. The third-order valence-electron chi connectivity index (χ3n) is 5.01. The van der Waals surface area contributed by atoms with E-state index < -0.39 is 17.7 Å². The van der Waals surface area contributed by atoms with E-state index in [4.69, 9.17) is 4.74 Å². The lowest BCUT2D eigenvalue weighted by molar-refractivity contribution is -0.119. The number of fused-ring (bicyclic) bond motifs is 1. The molecule has 0 aromatic heterocycles. The number of ketones is 1. The zero-order valence-electron chi connectivity index (χ0n) is 17.0. The number of hydrogen-bond donors (Lipinski definition) is 0. The SMILES string of the molecule is CN1C(=C(C#N)C(=O)[C@@H]2CCCN2C(=O)OC(C)(C)C)N(C)c2ccccc21. The Bertz CT molecular complexity index is 847. The Balaban J connectivity index is 1.93. The van der Waals surface area contributed by atoms with Crippen molar-refractivity contribution in [1.29, 1.82) is 5.26 Å². The van der Waals surface area contributed by atoms with Gasteiger partial charge >= 0.3 is 6.09 Å². The van der Waals surface area contributed by atoms with Gasteiger partial charge < -0.3 is 14.5 Å². The van der Waals surface area contributed by atoms with E-state index in [9.17, 15) is 14.9 Å². The number of Topliss-reactive ketones (excluding diaryl/α,β-unsaturated/α-hetero) is 1. The molecule has 0 unspecified atom stereocenters. The van der Waals surface area contributed by atoms with Gasteiger partial charge in [-0.05, 0) is 45.7 Å². The fraction of sp³-hybridized carbons (Fsp3) is 0.476. The highest BCUT2D eigenvalue weighted by Gasteiger charge is 2.40. The highest BCUT2D eigenvalue weighted by Crippen LogP contribution is 2.40. The van der Waals surface area contributed by atoms with Crippen LogP contribution >= 0.6 is 0 Å². The summed E-state index contributed by atoms with van der Waals surface area (Å²) in [4.78, 5) is 31.0. The standard InChI is InChI=1S/C21H26N4O3/c1-21(2,3)28-20(27)25-12-8-11-17(25)18(26)14(13-22)19-23(4)15-9-6-7-10-16(15)24(19)5/h6-7,9-10,17H,8,11-12H2,1-5H3/t17-/m0/s1. The maximum absolute atomic E-state index is 13.3. The number of carbonyl (C=O) groups excluding carboxylic acids is 2. The minimum atomic E-state index is -0.678. The van der Waals surface area contributed by atoms with Crippen molar-refractivity contribution in [3.8, 4) is 6.07 Å². The van der Waals surface area contributed by atoms with Crippen LogP contribution in [0.5, 0.6) is 0 Å². The van der Waals surface area contributed by atoms with Gasteiger partial charge in [0.25, 0.3) is 0 Å². The summed E-state index contributed by atoms with van der Waals surface area (Å²) < 4.78 is 5.45. The van der Waals surface area contributed by atoms with Crippen molar-refractivity contribution >= 4 is 23.3 Å². The van der Waals surface area contributed by atoms with E-state index in [-0.39, 0.29) is 11.4 Å². The normalized spacial score (nSPS) is 18.8. The van der Waals surface area contributed by atoms with Gasteiger partial charge in [0.2, 0.25) is 0 Å². The van der Waals surface area contributed by atoms with Crippen molar-refractivity contribution in [3.63, 3.8) is 0 Å². The Kier molecular flexibility index (Phi) is 5.07. The summed E-state index contributed by atoms with van der Waals surface area (Å²) in [5, 5.41) is 9.83. The minimum absolute atomic E-state index is 0.0571. The summed E-state index contributed by atoms with van der Waals surface area (Å²) in [5.74, 6) is 0.192. The number of amides is 1. The highest BCUT2D eigenvalue weighted by molar-refractivity contribution is 6.06. The van der Waals surface area contributed by atoms with Crippen molar-refractivity contribution < 1.29 is 14.3 Å². The molecule has 1 aromatic rings. The zero-order valence-corrected chi connectivity index (χ0v) is 17.0.